The molecule has 0 amide bonds. The van der Waals surface area contributed by atoms with Crippen molar-refractivity contribution in [3.63, 3.8) is 0 Å². The largest absolute Gasteiger partial charge is 0.459 e. The van der Waals surface area contributed by atoms with Gasteiger partial charge in [0.25, 0.3) is 5.56 Å². The van der Waals surface area contributed by atoms with E-state index in [2.05, 4.69) is 0 Å². The number of carbonyl (C=O) groups excluding carboxylic acids is 1. The Morgan fingerprint density at radius 1 is 1.07 bits per heavy atom. The molecule has 2 heterocycles. The molecule has 0 radical (unpaired) electrons. The molecule has 2 rings (SSSR count). The summed E-state index contributed by atoms with van der Waals surface area (Å²) in [5, 5.41) is 0.334. The lowest BCUT2D eigenvalue weighted by molar-refractivity contribution is 0.0173. The van der Waals surface area contributed by atoms with Gasteiger partial charge in [-0.25, -0.2) is 9.59 Å². The number of hydrogen-bond donors (Lipinski definition) is 0. The van der Waals surface area contributed by atoms with Crippen LogP contribution in [0.25, 0.3) is 10.2 Å². The Hall–Kier alpha value is -2.01. The summed E-state index contributed by atoms with van der Waals surface area (Å²) in [4.78, 5) is 39.4. The third-order valence-electron chi connectivity index (χ3n) is 4.69. The van der Waals surface area contributed by atoms with Gasteiger partial charge in [-0.1, -0.05) is 0 Å². The summed E-state index contributed by atoms with van der Waals surface area (Å²) in [6.45, 7) is 5.98. The lowest BCUT2D eigenvalue weighted by Gasteiger charge is -2.14. The molecule has 162 valence electrons. The monoisotopic (exact) mass is 428 g/mol. The van der Waals surface area contributed by atoms with Crippen LogP contribution >= 0.6 is 11.3 Å². The lowest BCUT2D eigenvalue weighted by Crippen LogP contribution is -2.42. The molecule has 0 N–H and O–H groups in total. The highest BCUT2D eigenvalue weighted by Gasteiger charge is 2.24. The van der Waals surface area contributed by atoms with E-state index in [1.807, 2.05) is 0 Å². The molecule has 2 aromatic rings. The fourth-order valence-corrected chi connectivity index (χ4v) is 4.00. The third-order valence-corrected chi connectivity index (χ3v) is 5.99. The topological polar surface area (TPSA) is 98.0 Å². The van der Waals surface area contributed by atoms with Crippen molar-refractivity contribution in [1.29, 1.82) is 0 Å². The van der Waals surface area contributed by atoms with Gasteiger partial charge in [-0.15, -0.1) is 11.3 Å². The Morgan fingerprint density at radius 3 is 2.31 bits per heavy atom. The molecule has 2 aromatic heterocycles. The average Bonchev–Trinajstić information content (AvgIpc) is 3.05. The van der Waals surface area contributed by atoms with Gasteiger partial charge in [0, 0.05) is 21.3 Å². The van der Waals surface area contributed by atoms with Gasteiger partial charge in [0.1, 0.15) is 16.3 Å². The molecule has 0 spiro atoms. The number of fused-ring (bicyclic) bond motifs is 1. The first-order chi connectivity index (χ1) is 13.8. The molecule has 29 heavy (non-hydrogen) atoms. The van der Waals surface area contributed by atoms with Crippen LogP contribution in [0.15, 0.2) is 9.59 Å². The van der Waals surface area contributed by atoms with Crippen LogP contribution < -0.4 is 11.2 Å². The highest BCUT2D eigenvalue weighted by molar-refractivity contribution is 7.20. The van der Waals surface area contributed by atoms with Crippen LogP contribution in [-0.4, -0.2) is 61.9 Å². The number of methoxy groups -OCH3 is 3. The van der Waals surface area contributed by atoms with Gasteiger partial charge >= 0.3 is 11.7 Å². The SMILES string of the molecule is COCCn1c(=O)n(CC(C)OC)c(=O)c2c(C)c(C(=O)OCC(C)OC)sc21. The first kappa shape index (κ1) is 23.3. The number of aromatic nitrogens is 2. The number of esters is 1. The zero-order valence-corrected chi connectivity index (χ0v) is 18.5. The predicted octanol–water partition coefficient (Wildman–Crippen LogP) is 1.41. The van der Waals surface area contributed by atoms with E-state index in [1.165, 1.54) is 25.9 Å². The normalized spacial score (nSPS) is 13.6. The Morgan fingerprint density at radius 2 is 1.72 bits per heavy atom. The second-order valence-electron chi connectivity index (χ2n) is 6.77. The zero-order chi connectivity index (χ0) is 21.7. The van der Waals surface area contributed by atoms with Gasteiger partial charge < -0.3 is 18.9 Å². The van der Waals surface area contributed by atoms with Crippen molar-refractivity contribution >= 4 is 27.5 Å². The maximum Gasteiger partial charge on any atom is 0.348 e. The summed E-state index contributed by atoms with van der Waals surface area (Å²) in [6.07, 6.45) is -0.575. The van der Waals surface area contributed by atoms with Crippen LogP contribution in [0.1, 0.15) is 29.1 Å². The fourth-order valence-electron chi connectivity index (χ4n) is 2.79. The van der Waals surface area contributed by atoms with Crippen LogP contribution in [0, 0.1) is 6.92 Å². The lowest BCUT2D eigenvalue weighted by atomic mass is 10.2. The Bertz CT molecular complexity index is 976. The van der Waals surface area contributed by atoms with Gasteiger partial charge in [-0.2, -0.15) is 0 Å². The summed E-state index contributed by atoms with van der Waals surface area (Å²) in [7, 11) is 4.58. The highest BCUT2D eigenvalue weighted by Crippen LogP contribution is 2.28. The standard InChI is InChI=1S/C19H28N2O7S/c1-11(26-5)9-21-16(22)14-13(3)15(18(23)28-10-12(2)27-6)29-17(14)20(19(21)24)7-8-25-4/h11-12H,7-10H2,1-6H3. The predicted molar refractivity (Wildman–Crippen MR) is 110 cm³/mol. The Labute approximate surface area is 172 Å². The minimum atomic E-state index is -0.547. The van der Waals surface area contributed by atoms with E-state index < -0.39 is 17.2 Å². The van der Waals surface area contributed by atoms with E-state index in [9.17, 15) is 14.4 Å². The summed E-state index contributed by atoms with van der Waals surface area (Å²) in [6, 6.07) is 0. The maximum atomic E-state index is 13.1. The van der Waals surface area contributed by atoms with E-state index in [0.717, 1.165) is 15.9 Å². The number of thiophene rings is 1. The van der Waals surface area contributed by atoms with Crippen LogP contribution in [0.4, 0.5) is 0 Å². The van der Waals surface area contributed by atoms with Gasteiger partial charge in [-0.05, 0) is 26.3 Å². The number of nitrogens with zero attached hydrogens (tertiary/aromatic N) is 2. The Balaban J connectivity index is 2.64. The molecule has 2 atom stereocenters. The van der Waals surface area contributed by atoms with Crippen molar-refractivity contribution in [1.82, 2.24) is 9.13 Å². The highest BCUT2D eigenvalue weighted by atomic mass is 32.1. The summed E-state index contributed by atoms with van der Waals surface area (Å²) < 4.78 is 23.3. The second-order valence-corrected chi connectivity index (χ2v) is 7.77. The van der Waals surface area contributed by atoms with Crippen molar-refractivity contribution < 1.29 is 23.7 Å². The second kappa shape index (κ2) is 10.1. The van der Waals surface area contributed by atoms with Crippen molar-refractivity contribution in [3.8, 4) is 0 Å². The first-order valence-electron chi connectivity index (χ1n) is 9.25. The van der Waals surface area contributed by atoms with Crippen molar-refractivity contribution in [3.05, 3.63) is 31.3 Å². The fraction of sp³-hybridized carbons (Fsp3) is 0.632. The smallest absolute Gasteiger partial charge is 0.348 e. The number of rotatable bonds is 10. The van der Waals surface area contributed by atoms with Gasteiger partial charge in [0.15, 0.2) is 0 Å². The van der Waals surface area contributed by atoms with E-state index in [-0.39, 0.29) is 38.5 Å². The molecule has 2 unspecified atom stereocenters. The quantitative estimate of drug-likeness (QED) is 0.528. The molecule has 0 saturated carbocycles. The molecule has 0 aromatic carbocycles. The summed E-state index contributed by atoms with van der Waals surface area (Å²) in [5.41, 5.74) is -0.409. The summed E-state index contributed by atoms with van der Waals surface area (Å²) in [5.74, 6) is -0.547. The number of hydrogen-bond acceptors (Lipinski definition) is 8. The van der Waals surface area contributed by atoms with Crippen molar-refractivity contribution in [2.75, 3.05) is 34.5 Å². The molecular formula is C19H28N2O7S. The molecular weight excluding hydrogens is 400 g/mol. The number of carbonyl (C=O) groups is 1. The molecule has 0 bridgehead atoms. The van der Waals surface area contributed by atoms with Gasteiger partial charge in [-0.3, -0.25) is 13.9 Å². The minimum absolute atomic E-state index is 0.0923. The average molecular weight is 429 g/mol. The number of aryl methyl sites for hydroxylation is 1. The molecule has 9 nitrogen and oxygen atoms in total. The molecule has 0 aliphatic carbocycles. The molecule has 0 saturated heterocycles. The van der Waals surface area contributed by atoms with Crippen LogP contribution in [0.3, 0.4) is 0 Å². The Kier molecular flexibility index (Phi) is 8.14. The van der Waals surface area contributed by atoms with Gasteiger partial charge in [0.2, 0.25) is 0 Å². The van der Waals surface area contributed by atoms with Crippen molar-refractivity contribution in [2.24, 2.45) is 0 Å². The number of ether oxygens (including phenoxy) is 4. The molecule has 0 fully saturated rings. The molecule has 0 aliphatic rings. The van der Waals surface area contributed by atoms with Crippen LogP contribution in [0.2, 0.25) is 0 Å². The van der Waals surface area contributed by atoms with E-state index >= 15 is 0 Å². The van der Waals surface area contributed by atoms with E-state index in [0.29, 0.717) is 20.7 Å². The maximum absolute atomic E-state index is 13.1. The zero-order valence-electron chi connectivity index (χ0n) is 17.6. The van der Waals surface area contributed by atoms with Crippen LogP contribution in [-0.2, 0) is 32.0 Å². The summed E-state index contributed by atoms with van der Waals surface area (Å²) >= 11 is 1.08. The molecule has 0 aliphatic heterocycles. The minimum Gasteiger partial charge on any atom is -0.459 e. The van der Waals surface area contributed by atoms with Crippen molar-refractivity contribution in [2.45, 2.75) is 46.1 Å². The van der Waals surface area contributed by atoms with Gasteiger partial charge in [0.05, 0.1) is 37.3 Å². The van der Waals surface area contributed by atoms with E-state index in [1.54, 1.807) is 20.8 Å². The molecule has 10 heteroatoms. The third kappa shape index (κ3) is 4.95. The first-order valence-corrected chi connectivity index (χ1v) is 10.1. The van der Waals surface area contributed by atoms with Crippen LogP contribution in [0.5, 0.6) is 0 Å². The van der Waals surface area contributed by atoms with E-state index in [4.69, 9.17) is 18.9 Å².